The maximum atomic E-state index is 13.2. The molecule has 0 aliphatic carbocycles. The second-order valence-electron chi connectivity index (χ2n) is 6.64. The second-order valence-corrected chi connectivity index (χ2v) is 9.46. The third-order valence-corrected chi connectivity index (χ3v) is 7.19. The normalized spacial score (nSPS) is 16.3. The highest BCUT2D eigenvalue weighted by Crippen LogP contribution is 2.30. The van der Waals surface area contributed by atoms with E-state index in [-0.39, 0.29) is 4.90 Å². The maximum Gasteiger partial charge on any atom is 0.246 e. The van der Waals surface area contributed by atoms with Crippen LogP contribution in [0.2, 0.25) is 0 Å². The minimum absolute atomic E-state index is 0.185. The van der Waals surface area contributed by atoms with Crippen molar-refractivity contribution >= 4 is 26.0 Å². The number of hydrogen-bond donors (Lipinski definition) is 0. The summed E-state index contributed by atoms with van der Waals surface area (Å²) in [6.45, 7) is 3.10. The summed E-state index contributed by atoms with van der Waals surface area (Å²) in [7, 11) is -2.16. The fourth-order valence-electron chi connectivity index (χ4n) is 3.28. The molecule has 0 aromatic heterocycles. The Kier molecular flexibility index (Phi) is 6.73. The highest BCUT2D eigenvalue weighted by molar-refractivity contribution is 9.10. The molecule has 1 saturated heterocycles. The van der Waals surface area contributed by atoms with Crippen molar-refractivity contribution in [2.24, 2.45) is 0 Å². The zero-order valence-corrected chi connectivity index (χ0v) is 18.0. The van der Waals surface area contributed by atoms with Crippen molar-refractivity contribution < 1.29 is 13.2 Å². The quantitative estimate of drug-likeness (QED) is 0.680. The van der Waals surface area contributed by atoms with E-state index in [1.807, 2.05) is 24.3 Å². The van der Waals surface area contributed by atoms with Gasteiger partial charge in [-0.1, -0.05) is 28.1 Å². The van der Waals surface area contributed by atoms with Crippen LogP contribution in [-0.4, -0.2) is 50.9 Å². The molecule has 0 amide bonds. The van der Waals surface area contributed by atoms with Crippen LogP contribution < -0.4 is 4.74 Å². The fourth-order valence-corrected chi connectivity index (χ4v) is 5.44. The Hall–Kier alpha value is -1.92. The largest absolute Gasteiger partial charge is 0.495 e. The number of methoxy groups -OCH3 is 1. The molecule has 1 aliphatic heterocycles. The molecular formula is C20H22BrN3O3S. The van der Waals surface area contributed by atoms with E-state index in [1.54, 1.807) is 18.2 Å². The third-order valence-electron chi connectivity index (χ3n) is 4.78. The van der Waals surface area contributed by atoms with E-state index < -0.39 is 10.0 Å². The highest BCUT2D eigenvalue weighted by Gasteiger charge is 2.29. The van der Waals surface area contributed by atoms with Crippen LogP contribution in [0.1, 0.15) is 17.5 Å². The molecule has 8 heteroatoms. The van der Waals surface area contributed by atoms with Gasteiger partial charge in [0.15, 0.2) is 0 Å². The summed E-state index contributed by atoms with van der Waals surface area (Å²) < 4.78 is 33.9. The smallest absolute Gasteiger partial charge is 0.246 e. The number of sulfonamides is 1. The summed E-state index contributed by atoms with van der Waals surface area (Å²) in [5, 5.41) is 8.91. The van der Waals surface area contributed by atoms with Crippen molar-refractivity contribution in [1.29, 1.82) is 5.26 Å². The second kappa shape index (κ2) is 9.05. The molecule has 2 aromatic carbocycles. The van der Waals surface area contributed by atoms with Gasteiger partial charge >= 0.3 is 0 Å². The first-order valence-electron chi connectivity index (χ1n) is 8.99. The zero-order chi connectivity index (χ0) is 20.1. The lowest BCUT2D eigenvalue weighted by Crippen LogP contribution is -2.35. The van der Waals surface area contributed by atoms with E-state index in [1.165, 1.54) is 11.4 Å². The van der Waals surface area contributed by atoms with Gasteiger partial charge in [-0.2, -0.15) is 9.57 Å². The molecule has 2 aromatic rings. The Morgan fingerprint density at radius 2 is 1.86 bits per heavy atom. The standard InChI is InChI=1S/C20H22BrN3O3S/c1-27-19-8-7-18(21)13-20(19)28(25,26)24-10-2-9-23(11-12-24)15-17-5-3-16(14-22)4-6-17/h3-8,13H,2,9-12,15H2,1H3. The molecule has 3 rings (SSSR count). The Morgan fingerprint density at radius 3 is 2.54 bits per heavy atom. The molecule has 1 heterocycles. The number of hydrogen-bond acceptors (Lipinski definition) is 5. The molecule has 0 saturated carbocycles. The summed E-state index contributed by atoms with van der Waals surface area (Å²) in [5.41, 5.74) is 1.75. The zero-order valence-electron chi connectivity index (χ0n) is 15.6. The van der Waals surface area contributed by atoms with Crippen molar-refractivity contribution in [1.82, 2.24) is 9.21 Å². The van der Waals surface area contributed by atoms with Crippen molar-refractivity contribution in [3.05, 3.63) is 58.1 Å². The van der Waals surface area contributed by atoms with Gasteiger partial charge in [0, 0.05) is 30.7 Å². The molecule has 0 spiro atoms. The summed E-state index contributed by atoms with van der Waals surface area (Å²) in [4.78, 5) is 2.43. The van der Waals surface area contributed by atoms with Gasteiger partial charge in [0.25, 0.3) is 0 Å². The fraction of sp³-hybridized carbons (Fsp3) is 0.350. The van der Waals surface area contributed by atoms with Gasteiger partial charge in [0.05, 0.1) is 18.7 Å². The average Bonchev–Trinajstić information content (AvgIpc) is 2.94. The summed E-state index contributed by atoms with van der Waals surface area (Å²) in [6.07, 6.45) is 0.756. The van der Waals surface area contributed by atoms with Gasteiger partial charge < -0.3 is 4.74 Å². The molecule has 0 unspecified atom stereocenters. The third kappa shape index (κ3) is 4.73. The average molecular weight is 464 g/mol. The monoisotopic (exact) mass is 463 g/mol. The first-order chi connectivity index (χ1) is 13.4. The highest BCUT2D eigenvalue weighted by atomic mass is 79.9. The SMILES string of the molecule is COc1ccc(Br)cc1S(=O)(=O)N1CCCN(Cc2ccc(C#N)cc2)CC1. The Bertz CT molecular complexity index is 971. The molecule has 0 atom stereocenters. The molecule has 1 aliphatic rings. The van der Waals surface area contributed by atoms with Crippen LogP contribution in [0.3, 0.4) is 0 Å². The molecular weight excluding hydrogens is 442 g/mol. The molecule has 0 bridgehead atoms. The van der Waals surface area contributed by atoms with E-state index in [2.05, 4.69) is 26.9 Å². The van der Waals surface area contributed by atoms with Gasteiger partial charge in [0.1, 0.15) is 10.6 Å². The minimum atomic E-state index is -3.64. The van der Waals surface area contributed by atoms with Crippen molar-refractivity contribution in [3.63, 3.8) is 0 Å². The van der Waals surface area contributed by atoms with E-state index >= 15 is 0 Å². The molecule has 0 N–H and O–H groups in total. The maximum absolute atomic E-state index is 13.2. The number of nitrogens with zero attached hydrogens (tertiary/aromatic N) is 3. The molecule has 0 radical (unpaired) electrons. The van der Waals surface area contributed by atoms with Crippen molar-refractivity contribution in [2.75, 3.05) is 33.3 Å². The Balaban J connectivity index is 1.72. The van der Waals surface area contributed by atoms with E-state index in [9.17, 15) is 8.42 Å². The number of halogens is 1. The van der Waals surface area contributed by atoms with E-state index in [0.29, 0.717) is 35.4 Å². The predicted molar refractivity (Wildman–Crippen MR) is 111 cm³/mol. The molecule has 1 fully saturated rings. The Labute approximate surface area is 174 Å². The first kappa shape index (κ1) is 20.8. The van der Waals surface area contributed by atoms with Crippen LogP contribution in [0, 0.1) is 11.3 Å². The van der Waals surface area contributed by atoms with Crippen LogP contribution in [0.5, 0.6) is 5.75 Å². The Morgan fingerprint density at radius 1 is 1.11 bits per heavy atom. The van der Waals surface area contributed by atoms with E-state index in [0.717, 1.165) is 25.1 Å². The van der Waals surface area contributed by atoms with Gasteiger partial charge in [0.2, 0.25) is 10.0 Å². The van der Waals surface area contributed by atoms with Crippen LogP contribution in [0.4, 0.5) is 0 Å². The lowest BCUT2D eigenvalue weighted by molar-refractivity contribution is 0.278. The van der Waals surface area contributed by atoms with Crippen LogP contribution in [-0.2, 0) is 16.6 Å². The number of rotatable bonds is 5. The van der Waals surface area contributed by atoms with Crippen molar-refractivity contribution in [2.45, 2.75) is 17.9 Å². The van der Waals surface area contributed by atoms with E-state index in [4.69, 9.17) is 10.00 Å². The van der Waals surface area contributed by atoms with Crippen molar-refractivity contribution in [3.8, 4) is 11.8 Å². The summed E-state index contributed by atoms with van der Waals surface area (Å²) >= 11 is 3.35. The lowest BCUT2D eigenvalue weighted by Gasteiger charge is -2.22. The van der Waals surface area contributed by atoms with Gasteiger partial charge in [-0.25, -0.2) is 8.42 Å². The van der Waals surface area contributed by atoms with Gasteiger partial charge in [-0.05, 0) is 48.9 Å². The lowest BCUT2D eigenvalue weighted by atomic mass is 10.1. The number of benzene rings is 2. The minimum Gasteiger partial charge on any atom is -0.495 e. The van der Waals surface area contributed by atoms with Crippen LogP contribution in [0.15, 0.2) is 51.8 Å². The summed E-state index contributed by atoms with van der Waals surface area (Å²) in [5.74, 6) is 0.349. The topological polar surface area (TPSA) is 73.6 Å². The number of ether oxygens (including phenoxy) is 1. The predicted octanol–water partition coefficient (Wildman–Crippen LogP) is 3.23. The molecule has 148 valence electrons. The first-order valence-corrected chi connectivity index (χ1v) is 11.2. The molecule has 28 heavy (non-hydrogen) atoms. The molecule has 6 nitrogen and oxygen atoms in total. The van der Waals surface area contributed by atoms with Gasteiger partial charge in [-0.3, -0.25) is 4.90 Å². The van der Waals surface area contributed by atoms with Crippen LogP contribution >= 0.6 is 15.9 Å². The number of nitriles is 1. The summed E-state index contributed by atoms with van der Waals surface area (Å²) in [6, 6.07) is 14.6. The van der Waals surface area contributed by atoms with Gasteiger partial charge in [-0.15, -0.1) is 0 Å². The van der Waals surface area contributed by atoms with Crippen LogP contribution in [0.25, 0.3) is 0 Å².